The largest absolute Gasteiger partial charge is 0.468 e. The summed E-state index contributed by atoms with van der Waals surface area (Å²) in [5.41, 5.74) is 11.4. The Kier molecular flexibility index (Phi) is 3.49. The lowest BCUT2D eigenvalue weighted by Gasteiger charge is -2.32. The number of amides is 1. The van der Waals surface area contributed by atoms with Crippen LogP contribution >= 0.6 is 0 Å². The number of likely N-dealkylation sites (tertiary alicyclic amines) is 1. The standard InChI is InChI=1S/C12H19N3O2/c1-8(13)11(10-5-3-7-17-10)15-6-2-4-9(15)12(14)16/h3,5,7-9,11H,2,4,6,13H2,1H3,(H2,14,16). The Balaban J connectivity index is 2.25. The van der Waals surface area contributed by atoms with Gasteiger partial charge in [-0.1, -0.05) is 0 Å². The van der Waals surface area contributed by atoms with E-state index in [4.69, 9.17) is 15.9 Å². The van der Waals surface area contributed by atoms with Gasteiger partial charge in [0.2, 0.25) is 5.91 Å². The lowest BCUT2D eigenvalue weighted by Crippen LogP contribution is -2.47. The van der Waals surface area contributed by atoms with Crippen molar-refractivity contribution in [3.8, 4) is 0 Å². The molecule has 1 amide bonds. The summed E-state index contributed by atoms with van der Waals surface area (Å²) in [6.45, 7) is 2.75. The number of primary amides is 1. The quantitative estimate of drug-likeness (QED) is 0.803. The average molecular weight is 237 g/mol. The van der Waals surface area contributed by atoms with E-state index < -0.39 is 0 Å². The van der Waals surface area contributed by atoms with E-state index in [1.54, 1.807) is 6.26 Å². The first-order valence-electron chi connectivity index (χ1n) is 5.95. The lowest BCUT2D eigenvalue weighted by atomic mass is 10.0. The van der Waals surface area contributed by atoms with E-state index in [2.05, 4.69) is 4.90 Å². The van der Waals surface area contributed by atoms with Crippen LogP contribution in [0.4, 0.5) is 0 Å². The highest BCUT2D eigenvalue weighted by atomic mass is 16.3. The van der Waals surface area contributed by atoms with Gasteiger partial charge < -0.3 is 15.9 Å². The summed E-state index contributed by atoms with van der Waals surface area (Å²) < 4.78 is 5.42. The SMILES string of the molecule is CC(N)C(c1ccco1)N1CCCC1C(N)=O. The molecular formula is C12H19N3O2. The van der Waals surface area contributed by atoms with E-state index in [9.17, 15) is 4.79 Å². The normalized spacial score (nSPS) is 24.7. The first-order valence-corrected chi connectivity index (χ1v) is 5.95. The Morgan fingerprint density at radius 3 is 2.94 bits per heavy atom. The molecule has 0 radical (unpaired) electrons. The van der Waals surface area contributed by atoms with Crippen LogP contribution in [-0.2, 0) is 4.79 Å². The van der Waals surface area contributed by atoms with Gasteiger partial charge in [-0.25, -0.2) is 0 Å². The minimum atomic E-state index is -0.278. The Bertz CT molecular complexity index is 375. The maximum atomic E-state index is 11.4. The fraction of sp³-hybridized carbons (Fsp3) is 0.583. The number of nitrogens with two attached hydrogens (primary N) is 2. The smallest absolute Gasteiger partial charge is 0.234 e. The minimum absolute atomic E-state index is 0.0787. The van der Waals surface area contributed by atoms with Crippen molar-refractivity contribution in [1.82, 2.24) is 4.90 Å². The van der Waals surface area contributed by atoms with Crippen molar-refractivity contribution >= 4 is 5.91 Å². The highest BCUT2D eigenvalue weighted by Gasteiger charge is 2.37. The third kappa shape index (κ3) is 2.35. The molecule has 1 saturated heterocycles. The molecule has 1 aliphatic heterocycles. The Morgan fingerprint density at radius 1 is 1.65 bits per heavy atom. The summed E-state index contributed by atoms with van der Waals surface area (Å²) in [6, 6.07) is 3.31. The molecule has 0 aromatic carbocycles. The van der Waals surface area contributed by atoms with Crippen molar-refractivity contribution in [3.63, 3.8) is 0 Å². The number of carbonyl (C=O) groups is 1. The molecule has 3 unspecified atom stereocenters. The molecule has 94 valence electrons. The third-order valence-corrected chi connectivity index (χ3v) is 3.31. The summed E-state index contributed by atoms with van der Waals surface area (Å²) in [7, 11) is 0. The average Bonchev–Trinajstić information content (AvgIpc) is 2.87. The number of hydrogen-bond acceptors (Lipinski definition) is 4. The number of rotatable bonds is 4. The first kappa shape index (κ1) is 12.1. The van der Waals surface area contributed by atoms with Gasteiger partial charge in [0.25, 0.3) is 0 Å². The van der Waals surface area contributed by atoms with Crippen molar-refractivity contribution < 1.29 is 9.21 Å². The van der Waals surface area contributed by atoms with Crippen LogP contribution in [0.25, 0.3) is 0 Å². The molecular weight excluding hydrogens is 218 g/mol. The summed E-state index contributed by atoms with van der Waals surface area (Å²) in [5.74, 6) is 0.521. The second-order valence-corrected chi connectivity index (χ2v) is 4.62. The highest BCUT2D eigenvalue weighted by molar-refractivity contribution is 5.80. The van der Waals surface area contributed by atoms with Gasteiger partial charge in [-0.2, -0.15) is 0 Å². The van der Waals surface area contributed by atoms with Gasteiger partial charge in [-0.15, -0.1) is 0 Å². The van der Waals surface area contributed by atoms with Gasteiger partial charge in [0.15, 0.2) is 0 Å². The summed E-state index contributed by atoms with van der Waals surface area (Å²) in [5, 5.41) is 0. The predicted molar refractivity (Wildman–Crippen MR) is 64.0 cm³/mol. The number of furan rings is 1. The van der Waals surface area contributed by atoms with E-state index in [-0.39, 0.29) is 24.0 Å². The van der Waals surface area contributed by atoms with E-state index in [0.29, 0.717) is 0 Å². The zero-order valence-electron chi connectivity index (χ0n) is 10.0. The maximum Gasteiger partial charge on any atom is 0.234 e. The van der Waals surface area contributed by atoms with Gasteiger partial charge >= 0.3 is 0 Å². The van der Waals surface area contributed by atoms with Crippen LogP contribution in [0.2, 0.25) is 0 Å². The molecule has 17 heavy (non-hydrogen) atoms. The molecule has 1 aliphatic rings. The van der Waals surface area contributed by atoms with Crippen molar-refractivity contribution in [3.05, 3.63) is 24.2 Å². The van der Waals surface area contributed by atoms with E-state index in [1.165, 1.54) is 0 Å². The predicted octanol–water partition coefficient (Wildman–Crippen LogP) is 0.618. The van der Waals surface area contributed by atoms with Crippen LogP contribution in [-0.4, -0.2) is 29.4 Å². The second-order valence-electron chi connectivity index (χ2n) is 4.62. The Hall–Kier alpha value is -1.33. The molecule has 4 N–H and O–H groups in total. The molecule has 5 heteroatoms. The van der Waals surface area contributed by atoms with Crippen molar-refractivity contribution in [2.45, 2.75) is 37.9 Å². The van der Waals surface area contributed by atoms with Crippen LogP contribution in [0.5, 0.6) is 0 Å². The zero-order valence-corrected chi connectivity index (χ0v) is 10.0. The number of nitrogens with zero attached hydrogens (tertiary/aromatic N) is 1. The highest BCUT2D eigenvalue weighted by Crippen LogP contribution is 2.31. The fourth-order valence-electron chi connectivity index (χ4n) is 2.61. The van der Waals surface area contributed by atoms with Crippen LogP contribution in [0.15, 0.2) is 22.8 Å². The lowest BCUT2D eigenvalue weighted by molar-refractivity contribution is -0.123. The van der Waals surface area contributed by atoms with Gasteiger partial charge in [-0.3, -0.25) is 9.69 Å². The molecule has 3 atom stereocenters. The van der Waals surface area contributed by atoms with Gasteiger partial charge in [-0.05, 0) is 38.4 Å². The van der Waals surface area contributed by atoms with Crippen molar-refractivity contribution in [2.24, 2.45) is 11.5 Å². The van der Waals surface area contributed by atoms with Crippen LogP contribution in [0, 0.1) is 0 Å². The monoisotopic (exact) mass is 237 g/mol. The van der Waals surface area contributed by atoms with Gasteiger partial charge in [0.05, 0.1) is 18.3 Å². The summed E-state index contributed by atoms with van der Waals surface area (Å²) in [6.07, 6.45) is 3.40. The molecule has 1 aromatic rings. The topological polar surface area (TPSA) is 85.5 Å². The van der Waals surface area contributed by atoms with Gasteiger partial charge in [0.1, 0.15) is 5.76 Å². The zero-order chi connectivity index (χ0) is 12.4. The molecule has 2 rings (SSSR count). The van der Waals surface area contributed by atoms with Gasteiger partial charge in [0, 0.05) is 6.04 Å². The molecule has 0 saturated carbocycles. The molecule has 1 fully saturated rings. The van der Waals surface area contributed by atoms with E-state index in [0.717, 1.165) is 25.1 Å². The number of carbonyl (C=O) groups excluding carboxylic acids is 1. The molecule has 5 nitrogen and oxygen atoms in total. The maximum absolute atomic E-state index is 11.4. The molecule has 0 bridgehead atoms. The fourth-order valence-corrected chi connectivity index (χ4v) is 2.61. The van der Waals surface area contributed by atoms with Crippen molar-refractivity contribution in [2.75, 3.05) is 6.54 Å². The summed E-state index contributed by atoms with van der Waals surface area (Å²) >= 11 is 0. The number of hydrogen-bond donors (Lipinski definition) is 2. The van der Waals surface area contributed by atoms with E-state index >= 15 is 0 Å². The minimum Gasteiger partial charge on any atom is -0.468 e. The third-order valence-electron chi connectivity index (χ3n) is 3.31. The van der Waals surface area contributed by atoms with Crippen LogP contribution < -0.4 is 11.5 Å². The molecule has 1 aromatic heterocycles. The van der Waals surface area contributed by atoms with Crippen LogP contribution in [0.1, 0.15) is 31.6 Å². The van der Waals surface area contributed by atoms with E-state index in [1.807, 2.05) is 19.1 Å². The molecule has 0 spiro atoms. The first-order chi connectivity index (χ1) is 8.11. The van der Waals surface area contributed by atoms with Crippen LogP contribution in [0.3, 0.4) is 0 Å². The molecule has 2 heterocycles. The Morgan fingerprint density at radius 2 is 2.41 bits per heavy atom. The second kappa shape index (κ2) is 4.89. The summed E-state index contributed by atoms with van der Waals surface area (Å²) in [4.78, 5) is 13.5. The molecule has 0 aliphatic carbocycles. The van der Waals surface area contributed by atoms with Crippen molar-refractivity contribution in [1.29, 1.82) is 0 Å². The Labute approximate surface area is 101 Å².